The summed E-state index contributed by atoms with van der Waals surface area (Å²) >= 11 is 1.30. The summed E-state index contributed by atoms with van der Waals surface area (Å²) in [5, 5.41) is 16.6. The van der Waals surface area contributed by atoms with Crippen LogP contribution in [-0.2, 0) is 11.2 Å². The van der Waals surface area contributed by atoms with Crippen molar-refractivity contribution in [2.75, 3.05) is 10.6 Å². The van der Waals surface area contributed by atoms with Gasteiger partial charge in [0.25, 0.3) is 5.91 Å². The number of hydrogen-bond acceptors (Lipinski definition) is 4. The third-order valence-electron chi connectivity index (χ3n) is 3.01. The van der Waals surface area contributed by atoms with Gasteiger partial charge in [0.05, 0.1) is 12.0 Å². The first kappa shape index (κ1) is 12.4. The summed E-state index contributed by atoms with van der Waals surface area (Å²) in [6.07, 6.45) is 0.348. The lowest BCUT2D eigenvalue weighted by molar-refractivity contribution is -0.115. The Bertz CT molecular complexity index is 758. The van der Waals surface area contributed by atoms with E-state index in [1.807, 2.05) is 6.07 Å². The van der Waals surface area contributed by atoms with Gasteiger partial charge in [0, 0.05) is 11.3 Å². The molecular weight excluding hydrogens is 274 g/mol. The van der Waals surface area contributed by atoms with Crippen LogP contribution < -0.4 is 10.6 Å². The standard InChI is InChI=1S/C14H9N3O2S/c15-7-10-3-4-20-14(10)17-13(19)9-2-1-8-6-12(18)16-11(8)5-9/h1-5H,6H2,(H,16,18)(H,17,19). The van der Waals surface area contributed by atoms with Crippen molar-refractivity contribution in [2.24, 2.45) is 0 Å². The van der Waals surface area contributed by atoms with Gasteiger partial charge in [-0.3, -0.25) is 9.59 Å². The molecule has 6 heteroatoms. The van der Waals surface area contributed by atoms with Gasteiger partial charge in [-0.1, -0.05) is 6.07 Å². The molecule has 5 nitrogen and oxygen atoms in total. The van der Waals surface area contributed by atoms with E-state index < -0.39 is 0 Å². The molecule has 2 N–H and O–H groups in total. The summed E-state index contributed by atoms with van der Waals surface area (Å²) in [7, 11) is 0. The normalized spacial score (nSPS) is 12.4. The molecule has 0 saturated heterocycles. The number of benzene rings is 1. The molecule has 1 aliphatic rings. The fourth-order valence-electron chi connectivity index (χ4n) is 2.02. The van der Waals surface area contributed by atoms with Crippen molar-refractivity contribution in [3.63, 3.8) is 0 Å². The highest BCUT2D eigenvalue weighted by atomic mass is 32.1. The van der Waals surface area contributed by atoms with E-state index >= 15 is 0 Å². The molecule has 3 rings (SSSR count). The molecule has 0 atom stereocenters. The Hall–Kier alpha value is -2.65. The Kier molecular flexibility index (Phi) is 2.97. The molecule has 0 unspecified atom stereocenters. The number of thiophene rings is 1. The van der Waals surface area contributed by atoms with Gasteiger partial charge in [0.1, 0.15) is 11.1 Å². The molecule has 0 saturated carbocycles. The van der Waals surface area contributed by atoms with Gasteiger partial charge in [-0.2, -0.15) is 5.26 Å². The van der Waals surface area contributed by atoms with Gasteiger partial charge < -0.3 is 10.6 Å². The lowest BCUT2D eigenvalue weighted by atomic mass is 10.1. The van der Waals surface area contributed by atoms with Crippen LogP contribution in [0.15, 0.2) is 29.6 Å². The molecule has 2 aromatic rings. The Balaban J connectivity index is 1.84. The number of hydrogen-bond donors (Lipinski definition) is 2. The van der Waals surface area contributed by atoms with Gasteiger partial charge in [0.2, 0.25) is 5.91 Å². The number of anilines is 2. The second kappa shape index (κ2) is 4.79. The fourth-order valence-corrected chi connectivity index (χ4v) is 2.76. The van der Waals surface area contributed by atoms with Crippen molar-refractivity contribution < 1.29 is 9.59 Å². The largest absolute Gasteiger partial charge is 0.326 e. The summed E-state index contributed by atoms with van der Waals surface area (Å²) < 4.78 is 0. The number of carbonyl (C=O) groups is 2. The van der Waals surface area contributed by atoms with Gasteiger partial charge in [0.15, 0.2) is 0 Å². The Labute approximate surface area is 118 Å². The average Bonchev–Trinajstić information content (AvgIpc) is 3.02. The molecule has 0 aliphatic carbocycles. The van der Waals surface area contributed by atoms with E-state index in [4.69, 9.17) is 5.26 Å². The van der Waals surface area contributed by atoms with E-state index in [0.29, 0.717) is 28.2 Å². The Morgan fingerprint density at radius 2 is 2.25 bits per heavy atom. The highest BCUT2D eigenvalue weighted by molar-refractivity contribution is 7.14. The molecule has 2 amide bonds. The zero-order valence-corrected chi connectivity index (χ0v) is 11.1. The summed E-state index contributed by atoms with van der Waals surface area (Å²) in [6.45, 7) is 0. The van der Waals surface area contributed by atoms with Crippen molar-refractivity contribution in [2.45, 2.75) is 6.42 Å². The van der Waals surface area contributed by atoms with E-state index in [9.17, 15) is 9.59 Å². The number of rotatable bonds is 2. The van der Waals surface area contributed by atoms with Crippen molar-refractivity contribution >= 4 is 33.8 Å². The smallest absolute Gasteiger partial charge is 0.256 e. The molecule has 2 heterocycles. The molecular formula is C14H9N3O2S. The molecule has 0 bridgehead atoms. The molecule has 0 spiro atoms. The second-order valence-electron chi connectivity index (χ2n) is 4.33. The summed E-state index contributed by atoms with van der Waals surface area (Å²) in [5.74, 6) is -0.365. The minimum atomic E-state index is -0.298. The summed E-state index contributed by atoms with van der Waals surface area (Å²) in [5.41, 5.74) is 2.45. The molecule has 0 radical (unpaired) electrons. The van der Waals surface area contributed by atoms with Crippen LogP contribution in [0, 0.1) is 11.3 Å². The van der Waals surface area contributed by atoms with Gasteiger partial charge in [-0.05, 0) is 29.1 Å². The first-order valence-corrected chi connectivity index (χ1v) is 6.77. The van der Waals surface area contributed by atoms with Crippen LogP contribution in [-0.4, -0.2) is 11.8 Å². The maximum atomic E-state index is 12.1. The van der Waals surface area contributed by atoms with Gasteiger partial charge in [-0.15, -0.1) is 11.3 Å². The monoisotopic (exact) mass is 283 g/mol. The van der Waals surface area contributed by atoms with E-state index in [1.54, 1.807) is 29.6 Å². The number of nitrogens with one attached hydrogen (secondary N) is 2. The van der Waals surface area contributed by atoms with Crippen LogP contribution in [0.2, 0.25) is 0 Å². The molecule has 0 fully saturated rings. The quantitative estimate of drug-likeness (QED) is 0.887. The number of nitriles is 1. The SMILES string of the molecule is N#Cc1ccsc1NC(=O)c1ccc2c(c1)NC(=O)C2. The maximum Gasteiger partial charge on any atom is 0.256 e. The average molecular weight is 283 g/mol. The molecule has 1 aromatic carbocycles. The number of fused-ring (bicyclic) bond motifs is 1. The van der Waals surface area contributed by atoms with E-state index in [2.05, 4.69) is 10.6 Å². The Morgan fingerprint density at radius 1 is 1.40 bits per heavy atom. The first-order valence-electron chi connectivity index (χ1n) is 5.89. The van der Waals surface area contributed by atoms with Crippen LogP contribution in [0.1, 0.15) is 21.5 Å². The highest BCUT2D eigenvalue weighted by Crippen LogP contribution is 2.26. The third kappa shape index (κ3) is 2.15. The van der Waals surface area contributed by atoms with Crippen LogP contribution in [0.3, 0.4) is 0 Å². The van der Waals surface area contributed by atoms with Crippen LogP contribution in [0.25, 0.3) is 0 Å². The van der Waals surface area contributed by atoms with E-state index in [0.717, 1.165) is 5.56 Å². The van der Waals surface area contributed by atoms with Gasteiger partial charge >= 0.3 is 0 Å². The molecule has 98 valence electrons. The molecule has 1 aromatic heterocycles. The van der Waals surface area contributed by atoms with Crippen molar-refractivity contribution in [3.05, 3.63) is 46.3 Å². The highest BCUT2D eigenvalue weighted by Gasteiger charge is 2.19. The lowest BCUT2D eigenvalue weighted by Crippen LogP contribution is -2.12. The predicted molar refractivity (Wildman–Crippen MR) is 75.8 cm³/mol. The maximum absolute atomic E-state index is 12.1. The van der Waals surface area contributed by atoms with Gasteiger partial charge in [-0.25, -0.2) is 0 Å². The fraction of sp³-hybridized carbons (Fsp3) is 0.0714. The minimum absolute atomic E-state index is 0.0671. The minimum Gasteiger partial charge on any atom is -0.326 e. The number of amides is 2. The van der Waals surface area contributed by atoms with Crippen LogP contribution in [0.4, 0.5) is 10.7 Å². The number of nitrogens with zero attached hydrogens (tertiary/aromatic N) is 1. The Morgan fingerprint density at radius 3 is 3.05 bits per heavy atom. The lowest BCUT2D eigenvalue weighted by Gasteiger charge is -2.05. The second-order valence-corrected chi connectivity index (χ2v) is 5.24. The predicted octanol–water partition coefficient (Wildman–Crippen LogP) is 2.37. The van der Waals surface area contributed by atoms with Crippen molar-refractivity contribution in [3.8, 4) is 6.07 Å². The topological polar surface area (TPSA) is 82.0 Å². The first-order chi connectivity index (χ1) is 9.67. The van der Waals surface area contributed by atoms with Crippen molar-refractivity contribution in [1.29, 1.82) is 5.26 Å². The third-order valence-corrected chi connectivity index (χ3v) is 3.84. The number of carbonyl (C=O) groups excluding carboxylic acids is 2. The van der Waals surface area contributed by atoms with Crippen LogP contribution in [0.5, 0.6) is 0 Å². The zero-order valence-electron chi connectivity index (χ0n) is 10.3. The zero-order chi connectivity index (χ0) is 14.1. The van der Waals surface area contributed by atoms with Crippen molar-refractivity contribution in [1.82, 2.24) is 0 Å². The van der Waals surface area contributed by atoms with Crippen LogP contribution >= 0.6 is 11.3 Å². The van der Waals surface area contributed by atoms with E-state index in [1.165, 1.54) is 11.3 Å². The molecule has 1 aliphatic heterocycles. The molecule has 20 heavy (non-hydrogen) atoms. The summed E-state index contributed by atoms with van der Waals surface area (Å²) in [6, 6.07) is 8.76. The summed E-state index contributed by atoms with van der Waals surface area (Å²) in [4.78, 5) is 23.4. The van der Waals surface area contributed by atoms with E-state index in [-0.39, 0.29) is 11.8 Å².